The summed E-state index contributed by atoms with van der Waals surface area (Å²) >= 11 is 0. The number of hydrogen-bond acceptors (Lipinski definition) is 5. The SMILES string of the molecule is CCCCOC(OCCCC)C(=O)C(CC)(OCCCC)C(=O)O. The van der Waals surface area contributed by atoms with Crippen LogP contribution in [0, 0.1) is 0 Å². The van der Waals surface area contributed by atoms with Gasteiger partial charge in [0, 0.05) is 6.61 Å². The van der Waals surface area contributed by atoms with Gasteiger partial charge in [-0.2, -0.15) is 0 Å². The van der Waals surface area contributed by atoms with Crippen LogP contribution in [0.2, 0.25) is 0 Å². The Morgan fingerprint density at radius 1 is 0.875 bits per heavy atom. The molecular formula is C18H34O6. The van der Waals surface area contributed by atoms with E-state index in [0.717, 1.165) is 32.1 Å². The second kappa shape index (κ2) is 13.3. The summed E-state index contributed by atoms with van der Waals surface area (Å²) in [4.78, 5) is 24.7. The first kappa shape index (κ1) is 23.0. The third-order valence-corrected chi connectivity index (χ3v) is 3.84. The molecule has 0 aliphatic carbocycles. The molecule has 0 aliphatic heterocycles. The highest BCUT2D eigenvalue weighted by atomic mass is 16.7. The van der Waals surface area contributed by atoms with E-state index in [-0.39, 0.29) is 13.0 Å². The Bertz CT molecular complexity index is 347. The first-order valence-corrected chi connectivity index (χ1v) is 9.14. The van der Waals surface area contributed by atoms with Gasteiger partial charge in [0.1, 0.15) is 0 Å². The van der Waals surface area contributed by atoms with Gasteiger partial charge in [0.15, 0.2) is 0 Å². The molecule has 24 heavy (non-hydrogen) atoms. The first-order chi connectivity index (χ1) is 11.5. The highest BCUT2D eigenvalue weighted by Gasteiger charge is 2.49. The molecule has 0 aromatic rings. The average molecular weight is 346 g/mol. The molecule has 0 radical (unpaired) electrons. The van der Waals surface area contributed by atoms with Crippen molar-refractivity contribution in [1.29, 1.82) is 0 Å². The molecule has 0 rings (SSSR count). The molecule has 0 aromatic carbocycles. The number of carbonyl (C=O) groups is 2. The molecule has 0 fully saturated rings. The van der Waals surface area contributed by atoms with Crippen LogP contribution in [-0.4, -0.2) is 48.6 Å². The minimum atomic E-state index is -1.90. The van der Waals surface area contributed by atoms with Crippen LogP contribution < -0.4 is 0 Å². The van der Waals surface area contributed by atoms with Crippen molar-refractivity contribution in [1.82, 2.24) is 0 Å². The zero-order valence-corrected chi connectivity index (χ0v) is 15.6. The molecule has 6 heteroatoms. The normalized spacial score (nSPS) is 13.9. The number of rotatable bonds is 16. The Kier molecular flexibility index (Phi) is 12.8. The summed E-state index contributed by atoms with van der Waals surface area (Å²) in [5.74, 6) is -1.94. The monoisotopic (exact) mass is 346 g/mol. The average Bonchev–Trinajstić information content (AvgIpc) is 2.57. The lowest BCUT2D eigenvalue weighted by atomic mass is 9.94. The Balaban J connectivity index is 5.16. The number of unbranched alkanes of at least 4 members (excludes halogenated alkanes) is 3. The minimum Gasteiger partial charge on any atom is -0.479 e. The number of Topliss-reactive ketones (excluding diaryl/α,β-unsaturated/α-hetero) is 1. The summed E-state index contributed by atoms with van der Waals surface area (Å²) in [5, 5.41) is 9.63. The first-order valence-electron chi connectivity index (χ1n) is 9.14. The van der Waals surface area contributed by atoms with Crippen LogP contribution >= 0.6 is 0 Å². The number of carbonyl (C=O) groups excluding carboxylic acids is 1. The molecule has 0 amide bonds. The predicted octanol–water partition coefficient (Wildman–Crippen LogP) is 3.57. The maximum atomic E-state index is 12.9. The standard InChI is InChI=1S/C18H34O6/c1-5-9-12-22-16(23-13-10-6-2)15(19)18(8-4,17(20)21)24-14-11-7-3/h16H,5-14H2,1-4H3,(H,20,21). The summed E-state index contributed by atoms with van der Waals surface area (Å²) in [5.41, 5.74) is -1.90. The van der Waals surface area contributed by atoms with Gasteiger partial charge in [-0.05, 0) is 25.7 Å². The van der Waals surface area contributed by atoms with Gasteiger partial charge in [0.25, 0.3) is 0 Å². The van der Waals surface area contributed by atoms with Crippen molar-refractivity contribution in [2.75, 3.05) is 19.8 Å². The van der Waals surface area contributed by atoms with E-state index >= 15 is 0 Å². The molecule has 0 heterocycles. The van der Waals surface area contributed by atoms with Gasteiger partial charge in [0.05, 0.1) is 13.2 Å². The van der Waals surface area contributed by atoms with E-state index in [1.165, 1.54) is 0 Å². The Morgan fingerprint density at radius 3 is 1.71 bits per heavy atom. The molecule has 6 nitrogen and oxygen atoms in total. The largest absolute Gasteiger partial charge is 0.479 e. The summed E-state index contributed by atoms with van der Waals surface area (Å²) in [6, 6.07) is 0. The van der Waals surface area contributed by atoms with Gasteiger partial charge < -0.3 is 19.3 Å². The van der Waals surface area contributed by atoms with Gasteiger partial charge in [-0.25, -0.2) is 4.79 Å². The van der Waals surface area contributed by atoms with E-state index in [4.69, 9.17) is 14.2 Å². The van der Waals surface area contributed by atoms with Crippen molar-refractivity contribution in [3.8, 4) is 0 Å². The number of ketones is 1. The zero-order valence-electron chi connectivity index (χ0n) is 15.6. The van der Waals surface area contributed by atoms with E-state index in [1.807, 2.05) is 20.8 Å². The van der Waals surface area contributed by atoms with E-state index in [1.54, 1.807) is 6.92 Å². The van der Waals surface area contributed by atoms with Crippen molar-refractivity contribution in [3.05, 3.63) is 0 Å². The smallest absolute Gasteiger partial charge is 0.344 e. The minimum absolute atomic E-state index is 0.0374. The molecule has 0 spiro atoms. The lowest BCUT2D eigenvalue weighted by Crippen LogP contribution is -2.54. The molecule has 0 saturated carbocycles. The summed E-state index contributed by atoms with van der Waals surface area (Å²) in [7, 11) is 0. The highest BCUT2D eigenvalue weighted by Crippen LogP contribution is 2.23. The van der Waals surface area contributed by atoms with Crippen LogP contribution in [0.5, 0.6) is 0 Å². The number of aliphatic carboxylic acids is 1. The van der Waals surface area contributed by atoms with E-state index in [2.05, 4.69) is 0 Å². The third-order valence-electron chi connectivity index (χ3n) is 3.84. The second-order valence-electron chi connectivity index (χ2n) is 5.83. The zero-order chi connectivity index (χ0) is 18.4. The Labute approximate surface area is 145 Å². The van der Waals surface area contributed by atoms with Crippen molar-refractivity contribution < 1.29 is 28.9 Å². The van der Waals surface area contributed by atoms with E-state index < -0.39 is 23.6 Å². The van der Waals surface area contributed by atoms with Gasteiger partial charge in [-0.1, -0.05) is 47.0 Å². The lowest BCUT2D eigenvalue weighted by Gasteiger charge is -2.30. The van der Waals surface area contributed by atoms with E-state index in [9.17, 15) is 14.7 Å². The molecule has 0 bridgehead atoms. The van der Waals surface area contributed by atoms with Crippen molar-refractivity contribution in [2.24, 2.45) is 0 Å². The van der Waals surface area contributed by atoms with E-state index in [0.29, 0.717) is 19.6 Å². The summed E-state index contributed by atoms with van der Waals surface area (Å²) in [6.07, 6.45) is 3.79. The lowest BCUT2D eigenvalue weighted by molar-refractivity contribution is -0.200. The molecule has 142 valence electrons. The fourth-order valence-electron chi connectivity index (χ4n) is 2.12. The molecule has 1 unspecified atom stereocenters. The van der Waals surface area contributed by atoms with Crippen molar-refractivity contribution in [3.63, 3.8) is 0 Å². The van der Waals surface area contributed by atoms with Crippen LogP contribution in [0.3, 0.4) is 0 Å². The van der Waals surface area contributed by atoms with Gasteiger partial charge >= 0.3 is 5.97 Å². The molecule has 0 saturated heterocycles. The molecule has 1 atom stereocenters. The highest BCUT2D eigenvalue weighted by molar-refractivity contribution is 6.08. The molecule has 0 aliphatic rings. The predicted molar refractivity (Wildman–Crippen MR) is 92.0 cm³/mol. The topological polar surface area (TPSA) is 82.1 Å². The van der Waals surface area contributed by atoms with Gasteiger partial charge in [-0.3, -0.25) is 4.79 Å². The quantitative estimate of drug-likeness (QED) is 0.261. The van der Waals surface area contributed by atoms with Gasteiger partial charge in [-0.15, -0.1) is 0 Å². The van der Waals surface area contributed by atoms with Crippen LogP contribution in [0.15, 0.2) is 0 Å². The van der Waals surface area contributed by atoms with Crippen molar-refractivity contribution >= 4 is 11.8 Å². The summed E-state index contributed by atoms with van der Waals surface area (Å²) in [6.45, 7) is 8.57. The molecular weight excluding hydrogens is 312 g/mol. The van der Waals surface area contributed by atoms with Crippen molar-refractivity contribution in [2.45, 2.75) is 84.5 Å². The summed E-state index contributed by atoms with van der Waals surface area (Å²) < 4.78 is 16.6. The van der Waals surface area contributed by atoms with Gasteiger partial charge in [0.2, 0.25) is 17.7 Å². The number of carboxylic acid groups (broad SMARTS) is 1. The third kappa shape index (κ3) is 7.28. The molecule has 1 N–H and O–H groups in total. The number of carboxylic acids is 1. The van der Waals surface area contributed by atoms with Crippen LogP contribution in [0.25, 0.3) is 0 Å². The van der Waals surface area contributed by atoms with Crippen LogP contribution in [0.1, 0.15) is 72.6 Å². The Morgan fingerprint density at radius 2 is 1.33 bits per heavy atom. The Hall–Kier alpha value is -0.980. The fraction of sp³-hybridized carbons (Fsp3) is 0.889. The van der Waals surface area contributed by atoms with Crippen LogP contribution in [-0.2, 0) is 23.8 Å². The van der Waals surface area contributed by atoms with Crippen LogP contribution in [0.4, 0.5) is 0 Å². The maximum absolute atomic E-state index is 12.9. The maximum Gasteiger partial charge on any atom is 0.344 e. The fourth-order valence-corrected chi connectivity index (χ4v) is 2.12. The molecule has 0 aromatic heterocycles. The second-order valence-corrected chi connectivity index (χ2v) is 5.83. The number of hydrogen-bond donors (Lipinski definition) is 1. The number of ether oxygens (including phenoxy) is 3.